The summed E-state index contributed by atoms with van der Waals surface area (Å²) in [7, 11) is 0. The van der Waals surface area contributed by atoms with E-state index in [9.17, 15) is 4.79 Å². The summed E-state index contributed by atoms with van der Waals surface area (Å²) >= 11 is 1.66. The van der Waals surface area contributed by atoms with Gasteiger partial charge in [0.25, 0.3) is 5.91 Å². The second-order valence-electron chi connectivity index (χ2n) is 5.31. The van der Waals surface area contributed by atoms with E-state index in [0.29, 0.717) is 6.54 Å². The van der Waals surface area contributed by atoms with E-state index in [-0.39, 0.29) is 5.91 Å². The van der Waals surface area contributed by atoms with Gasteiger partial charge in [-0.15, -0.1) is 11.3 Å². The molecule has 0 radical (unpaired) electrons. The lowest BCUT2D eigenvalue weighted by Crippen LogP contribution is -2.21. The first-order valence-electron chi connectivity index (χ1n) is 6.74. The minimum absolute atomic E-state index is 0.0493. The molecule has 1 atom stereocenters. The van der Waals surface area contributed by atoms with Crippen molar-refractivity contribution in [3.63, 3.8) is 0 Å². The SMILES string of the molecule is CC1CCc2sc(C(=O)NCc3cc[nH]c3)cc2C1. The van der Waals surface area contributed by atoms with E-state index in [1.807, 2.05) is 18.5 Å². The molecule has 0 saturated heterocycles. The molecule has 0 aliphatic heterocycles. The number of H-pyrrole nitrogens is 1. The normalized spacial score (nSPS) is 18.1. The first-order chi connectivity index (χ1) is 9.22. The lowest BCUT2D eigenvalue weighted by atomic mass is 9.90. The molecule has 2 aromatic heterocycles. The fraction of sp³-hybridized carbons (Fsp3) is 0.400. The minimum atomic E-state index is 0.0493. The lowest BCUT2D eigenvalue weighted by Gasteiger charge is -2.16. The molecular formula is C15H18N2OS. The van der Waals surface area contributed by atoms with Crippen LogP contribution in [-0.2, 0) is 19.4 Å². The number of carbonyl (C=O) groups is 1. The van der Waals surface area contributed by atoms with Crippen LogP contribution in [0.2, 0.25) is 0 Å². The second kappa shape index (κ2) is 5.21. The Balaban J connectivity index is 1.67. The Hall–Kier alpha value is -1.55. The van der Waals surface area contributed by atoms with Crippen LogP contribution in [0.4, 0.5) is 0 Å². The predicted octanol–water partition coefficient (Wildman–Crippen LogP) is 3.13. The zero-order valence-electron chi connectivity index (χ0n) is 11.0. The van der Waals surface area contributed by atoms with Crippen molar-refractivity contribution in [3.05, 3.63) is 45.4 Å². The van der Waals surface area contributed by atoms with E-state index >= 15 is 0 Å². The van der Waals surface area contributed by atoms with Crippen LogP contribution in [0.5, 0.6) is 0 Å². The van der Waals surface area contributed by atoms with Gasteiger partial charge in [0.1, 0.15) is 0 Å². The van der Waals surface area contributed by atoms with Crippen LogP contribution >= 0.6 is 11.3 Å². The van der Waals surface area contributed by atoms with Crippen molar-refractivity contribution in [3.8, 4) is 0 Å². The van der Waals surface area contributed by atoms with E-state index in [4.69, 9.17) is 0 Å². The molecule has 1 amide bonds. The third kappa shape index (κ3) is 2.73. The second-order valence-corrected chi connectivity index (χ2v) is 6.45. The maximum Gasteiger partial charge on any atom is 0.261 e. The highest BCUT2D eigenvalue weighted by Gasteiger charge is 2.20. The maximum absolute atomic E-state index is 12.1. The number of fused-ring (bicyclic) bond motifs is 1. The fourth-order valence-electron chi connectivity index (χ4n) is 2.56. The molecule has 0 spiro atoms. The number of aromatic nitrogens is 1. The third-order valence-corrected chi connectivity index (χ3v) is 4.90. The van der Waals surface area contributed by atoms with Crippen LogP contribution in [-0.4, -0.2) is 10.9 Å². The van der Waals surface area contributed by atoms with E-state index < -0.39 is 0 Å². The minimum Gasteiger partial charge on any atom is -0.367 e. The Morgan fingerprint density at radius 3 is 3.26 bits per heavy atom. The summed E-state index contributed by atoms with van der Waals surface area (Å²) in [6, 6.07) is 4.06. The molecule has 19 heavy (non-hydrogen) atoms. The molecular weight excluding hydrogens is 256 g/mol. The number of aromatic amines is 1. The van der Waals surface area contributed by atoms with Gasteiger partial charge in [0.2, 0.25) is 0 Å². The average molecular weight is 274 g/mol. The number of nitrogens with one attached hydrogen (secondary N) is 2. The molecule has 0 saturated carbocycles. The molecule has 0 aromatic carbocycles. The van der Waals surface area contributed by atoms with Crippen LogP contribution < -0.4 is 5.32 Å². The summed E-state index contributed by atoms with van der Waals surface area (Å²) < 4.78 is 0. The van der Waals surface area contributed by atoms with Gasteiger partial charge in [-0.25, -0.2) is 0 Å². The zero-order chi connectivity index (χ0) is 13.2. The van der Waals surface area contributed by atoms with E-state index in [1.165, 1.54) is 16.9 Å². The topological polar surface area (TPSA) is 44.9 Å². The number of aryl methyl sites for hydroxylation is 1. The summed E-state index contributed by atoms with van der Waals surface area (Å²) in [5.41, 5.74) is 2.49. The van der Waals surface area contributed by atoms with E-state index in [2.05, 4.69) is 23.3 Å². The summed E-state index contributed by atoms with van der Waals surface area (Å²) in [5, 5.41) is 2.97. The maximum atomic E-state index is 12.1. The fourth-order valence-corrected chi connectivity index (χ4v) is 3.68. The molecule has 0 fully saturated rings. The molecule has 3 nitrogen and oxygen atoms in total. The molecule has 2 heterocycles. The molecule has 4 heteroatoms. The smallest absolute Gasteiger partial charge is 0.261 e. The first kappa shape index (κ1) is 12.5. The van der Waals surface area contributed by atoms with Crippen molar-refractivity contribution < 1.29 is 4.79 Å². The van der Waals surface area contributed by atoms with Crippen molar-refractivity contribution in [1.82, 2.24) is 10.3 Å². The van der Waals surface area contributed by atoms with Crippen LogP contribution in [0.1, 0.15) is 39.0 Å². The highest BCUT2D eigenvalue weighted by Crippen LogP contribution is 2.32. The first-order valence-corrected chi connectivity index (χ1v) is 7.55. The molecule has 2 N–H and O–H groups in total. The number of amides is 1. The number of rotatable bonds is 3. The average Bonchev–Trinajstić information content (AvgIpc) is 3.04. The molecule has 2 aromatic rings. The van der Waals surface area contributed by atoms with E-state index in [1.54, 1.807) is 11.3 Å². The summed E-state index contributed by atoms with van der Waals surface area (Å²) in [6.07, 6.45) is 7.27. The predicted molar refractivity (Wildman–Crippen MR) is 77.5 cm³/mol. The highest BCUT2D eigenvalue weighted by molar-refractivity contribution is 7.14. The Labute approximate surface area is 117 Å². The molecule has 1 aliphatic carbocycles. The van der Waals surface area contributed by atoms with Crippen LogP contribution in [0.15, 0.2) is 24.5 Å². The molecule has 100 valence electrons. The van der Waals surface area contributed by atoms with Crippen LogP contribution in [0.25, 0.3) is 0 Å². The van der Waals surface area contributed by atoms with Crippen molar-refractivity contribution in [1.29, 1.82) is 0 Å². The van der Waals surface area contributed by atoms with E-state index in [0.717, 1.165) is 29.2 Å². The largest absolute Gasteiger partial charge is 0.367 e. The van der Waals surface area contributed by atoms with Gasteiger partial charge < -0.3 is 10.3 Å². The van der Waals surface area contributed by atoms with Gasteiger partial charge in [-0.3, -0.25) is 4.79 Å². The number of hydrogen-bond donors (Lipinski definition) is 2. The standard InChI is InChI=1S/C15H18N2OS/c1-10-2-3-13-12(6-10)7-14(19-13)15(18)17-9-11-4-5-16-8-11/h4-5,7-8,10,16H,2-3,6,9H2,1H3,(H,17,18). The lowest BCUT2D eigenvalue weighted by molar-refractivity contribution is 0.0955. The van der Waals surface area contributed by atoms with Crippen LogP contribution in [0.3, 0.4) is 0 Å². The zero-order valence-corrected chi connectivity index (χ0v) is 11.8. The molecule has 1 aliphatic rings. The summed E-state index contributed by atoms with van der Waals surface area (Å²) in [5.74, 6) is 0.797. The molecule has 0 bridgehead atoms. The van der Waals surface area contributed by atoms with Gasteiger partial charge in [0.05, 0.1) is 4.88 Å². The van der Waals surface area contributed by atoms with Crippen molar-refractivity contribution in [2.24, 2.45) is 5.92 Å². The summed E-state index contributed by atoms with van der Waals surface area (Å²) in [4.78, 5) is 17.4. The van der Waals surface area contributed by atoms with Crippen molar-refractivity contribution >= 4 is 17.2 Å². The number of hydrogen-bond acceptors (Lipinski definition) is 2. The van der Waals surface area contributed by atoms with Gasteiger partial charge in [-0.05, 0) is 48.4 Å². The quantitative estimate of drug-likeness (QED) is 0.887. The van der Waals surface area contributed by atoms with Gasteiger partial charge in [0.15, 0.2) is 0 Å². The number of thiophene rings is 1. The molecule has 3 rings (SSSR count). The number of carbonyl (C=O) groups excluding carboxylic acids is 1. The van der Waals surface area contributed by atoms with Gasteiger partial charge >= 0.3 is 0 Å². The van der Waals surface area contributed by atoms with Gasteiger partial charge in [-0.2, -0.15) is 0 Å². The third-order valence-electron chi connectivity index (χ3n) is 3.67. The Kier molecular flexibility index (Phi) is 3.42. The molecule has 1 unspecified atom stereocenters. The monoisotopic (exact) mass is 274 g/mol. The Morgan fingerprint density at radius 1 is 1.58 bits per heavy atom. The van der Waals surface area contributed by atoms with Crippen molar-refractivity contribution in [2.75, 3.05) is 0 Å². The van der Waals surface area contributed by atoms with Gasteiger partial charge in [0, 0.05) is 23.8 Å². The van der Waals surface area contributed by atoms with Crippen molar-refractivity contribution in [2.45, 2.75) is 32.7 Å². The Bertz CT molecular complexity index is 571. The highest BCUT2D eigenvalue weighted by atomic mass is 32.1. The summed E-state index contributed by atoms with van der Waals surface area (Å²) in [6.45, 7) is 2.87. The van der Waals surface area contributed by atoms with Gasteiger partial charge in [-0.1, -0.05) is 6.92 Å². The Morgan fingerprint density at radius 2 is 2.47 bits per heavy atom. The van der Waals surface area contributed by atoms with Crippen LogP contribution in [0, 0.1) is 5.92 Å².